The number of hydrogen-bond donors (Lipinski definition) is 1. The van der Waals surface area contributed by atoms with Crippen LogP contribution in [0, 0.1) is 12.8 Å². The maximum atomic E-state index is 4.22. The molecule has 1 heterocycles. The maximum absolute atomic E-state index is 4.22. The Labute approximate surface area is 180 Å². The summed E-state index contributed by atoms with van der Waals surface area (Å²) in [6, 6.07) is 7.06. The maximum Gasteiger partial charge on any atom is 0.0471 e. The molecule has 0 aliphatic carbocycles. The summed E-state index contributed by atoms with van der Waals surface area (Å²) in [5.74, 6) is 0.953. The first-order valence-corrected chi connectivity index (χ1v) is 11.8. The van der Waals surface area contributed by atoms with Crippen molar-refractivity contribution < 1.29 is 0 Å². The van der Waals surface area contributed by atoms with Gasteiger partial charge in [0.05, 0.1) is 0 Å². The van der Waals surface area contributed by atoms with Gasteiger partial charge in [-0.15, -0.1) is 0 Å². The first-order chi connectivity index (χ1) is 13.9. The van der Waals surface area contributed by atoms with E-state index >= 15 is 0 Å². The normalized spacial score (nSPS) is 16.6. The molecule has 0 amide bonds. The zero-order valence-electron chi connectivity index (χ0n) is 19.5. The molecule has 162 valence electrons. The van der Waals surface area contributed by atoms with Crippen LogP contribution in [0.15, 0.2) is 42.5 Å². The van der Waals surface area contributed by atoms with Crippen LogP contribution in [0.4, 0.5) is 5.69 Å². The number of hydrogen-bond acceptors (Lipinski definition) is 2. The predicted molar refractivity (Wildman–Crippen MR) is 130 cm³/mol. The summed E-state index contributed by atoms with van der Waals surface area (Å²) in [5, 5.41) is 3.77. The fourth-order valence-electron chi connectivity index (χ4n) is 4.36. The van der Waals surface area contributed by atoms with Gasteiger partial charge in [0.1, 0.15) is 0 Å². The molecule has 0 radical (unpaired) electrons. The van der Waals surface area contributed by atoms with Crippen molar-refractivity contribution in [3.8, 4) is 0 Å². The minimum atomic E-state index is 0.316. The highest BCUT2D eigenvalue weighted by Crippen LogP contribution is 2.26. The molecule has 0 bridgehead atoms. The average Bonchev–Trinajstić information content (AvgIpc) is 2.71. The molecule has 1 aliphatic rings. The van der Waals surface area contributed by atoms with Gasteiger partial charge in [0.15, 0.2) is 0 Å². The van der Waals surface area contributed by atoms with E-state index < -0.39 is 0 Å². The average molecular weight is 397 g/mol. The molecule has 1 fully saturated rings. The first kappa shape index (κ1) is 23.7. The largest absolute Gasteiger partial charge is 0.378 e. The van der Waals surface area contributed by atoms with Crippen LogP contribution >= 0.6 is 0 Å². The Morgan fingerprint density at radius 1 is 1.21 bits per heavy atom. The van der Waals surface area contributed by atoms with E-state index in [4.69, 9.17) is 0 Å². The van der Waals surface area contributed by atoms with Gasteiger partial charge in [-0.05, 0) is 102 Å². The third-order valence-electron chi connectivity index (χ3n) is 6.80. The second-order valence-electron chi connectivity index (χ2n) is 9.27. The number of rotatable bonds is 12. The van der Waals surface area contributed by atoms with Crippen molar-refractivity contribution in [1.82, 2.24) is 4.90 Å². The highest BCUT2D eigenvalue weighted by Gasteiger charge is 2.16. The van der Waals surface area contributed by atoms with Crippen LogP contribution in [-0.2, 0) is 6.42 Å². The number of benzene rings is 1. The van der Waals surface area contributed by atoms with Crippen LogP contribution in [0.3, 0.4) is 0 Å². The monoisotopic (exact) mass is 396 g/mol. The van der Waals surface area contributed by atoms with Crippen LogP contribution in [0.5, 0.6) is 0 Å². The molecular weight excluding hydrogens is 352 g/mol. The van der Waals surface area contributed by atoms with E-state index in [1.54, 1.807) is 0 Å². The molecule has 0 spiro atoms. The molecule has 2 heteroatoms. The predicted octanol–water partition coefficient (Wildman–Crippen LogP) is 7.15. The number of allylic oxidation sites excluding steroid dienone is 1. The first-order valence-electron chi connectivity index (χ1n) is 11.8. The molecule has 1 saturated heterocycles. The van der Waals surface area contributed by atoms with Gasteiger partial charge >= 0.3 is 0 Å². The zero-order valence-corrected chi connectivity index (χ0v) is 19.5. The fraction of sp³-hybridized carbons (Fsp3) is 0.630. The summed E-state index contributed by atoms with van der Waals surface area (Å²) >= 11 is 0. The Morgan fingerprint density at radius 2 is 1.93 bits per heavy atom. The Morgan fingerprint density at radius 3 is 2.59 bits per heavy atom. The van der Waals surface area contributed by atoms with Gasteiger partial charge in [0, 0.05) is 11.7 Å². The second-order valence-corrected chi connectivity index (χ2v) is 9.27. The highest BCUT2D eigenvalue weighted by atomic mass is 15.1. The Kier molecular flexibility index (Phi) is 10.0. The lowest BCUT2D eigenvalue weighted by Gasteiger charge is -2.28. The van der Waals surface area contributed by atoms with Gasteiger partial charge in [-0.3, -0.25) is 0 Å². The van der Waals surface area contributed by atoms with Crippen molar-refractivity contribution in [2.45, 2.75) is 84.6 Å². The van der Waals surface area contributed by atoms with Crippen molar-refractivity contribution in [1.29, 1.82) is 0 Å². The molecule has 1 aliphatic heterocycles. The number of nitrogens with zero attached hydrogens (tertiary/aromatic N) is 1. The summed E-state index contributed by atoms with van der Waals surface area (Å²) in [6.45, 7) is 17.5. The summed E-state index contributed by atoms with van der Waals surface area (Å²) in [5.41, 5.74) is 6.71. The van der Waals surface area contributed by atoms with Crippen LogP contribution in [-0.4, -0.2) is 31.1 Å². The Balaban J connectivity index is 1.85. The molecule has 29 heavy (non-hydrogen) atoms. The number of aryl methyl sites for hydroxylation is 1. The van der Waals surface area contributed by atoms with E-state index in [0.29, 0.717) is 6.04 Å². The second kappa shape index (κ2) is 12.2. The lowest BCUT2D eigenvalue weighted by molar-refractivity contribution is 0.210. The minimum Gasteiger partial charge on any atom is -0.378 e. The van der Waals surface area contributed by atoms with E-state index in [-0.39, 0.29) is 0 Å². The molecule has 2 nitrogen and oxygen atoms in total. The summed E-state index contributed by atoms with van der Waals surface area (Å²) in [4.78, 5) is 2.47. The smallest absolute Gasteiger partial charge is 0.0471 e. The van der Waals surface area contributed by atoms with Crippen LogP contribution in [0.2, 0.25) is 0 Å². The number of nitrogens with one attached hydrogen (secondary N) is 1. The lowest BCUT2D eigenvalue weighted by Crippen LogP contribution is -2.30. The number of piperidine rings is 1. The molecule has 1 unspecified atom stereocenters. The third kappa shape index (κ3) is 8.01. The molecule has 0 aromatic heterocycles. The van der Waals surface area contributed by atoms with Crippen molar-refractivity contribution in [2.24, 2.45) is 5.92 Å². The van der Waals surface area contributed by atoms with Crippen molar-refractivity contribution in [3.63, 3.8) is 0 Å². The van der Waals surface area contributed by atoms with Gasteiger partial charge in [0.25, 0.3) is 0 Å². The number of unbranched alkanes of at least 4 members (excludes halogenated alkanes) is 1. The number of likely N-dealkylation sites (tertiary alicyclic amines) is 1. The quantitative estimate of drug-likeness (QED) is 0.298. The van der Waals surface area contributed by atoms with Crippen molar-refractivity contribution >= 4 is 5.69 Å². The molecule has 1 aromatic rings. The van der Waals surface area contributed by atoms with E-state index in [0.717, 1.165) is 25.2 Å². The standard InChI is InChI=1S/C27H44N2/c1-7-22(4)15-16-26(21(2)3)28-27-14-10-13-25(23(27)5)12-9-8-11-24-17-19-29(6)20-18-24/h10,13-14,24,26,28H,2,4,7-9,11-12,15-20H2,1,3,5-6H3. The fourth-order valence-corrected chi connectivity index (χ4v) is 4.36. The van der Waals surface area contributed by atoms with Crippen molar-refractivity contribution in [2.75, 3.05) is 25.5 Å². The topological polar surface area (TPSA) is 15.3 Å². The Hall–Kier alpha value is -1.54. The van der Waals surface area contributed by atoms with Crippen LogP contribution in [0.25, 0.3) is 0 Å². The summed E-state index contributed by atoms with van der Waals surface area (Å²) in [6.07, 6.45) is 11.2. The van der Waals surface area contributed by atoms with Gasteiger partial charge < -0.3 is 10.2 Å². The SMILES string of the molecule is C=C(CC)CCC(Nc1cccc(CCCCC2CCN(C)CC2)c1C)C(=C)C. The van der Waals surface area contributed by atoms with E-state index in [1.807, 2.05) is 0 Å². The van der Waals surface area contributed by atoms with Gasteiger partial charge in [-0.1, -0.05) is 56.2 Å². The van der Waals surface area contributed by atoms with E-state index in [2.05, 4.69) is 69.4 Å². The summed E-state index contributed by atoms with van der Waals surface area (Å²) in [7, 11) is 2.25. The lowest BCUT2D eigenvalue weighted by atomic mass is 9.90. The molecule has 2 rings (SSSR count). The number of anilines is 1. The van der Waals surface area contributed by atoms with Crippen LogP contribution in [0.1, 0.15) is 76.3 Å². The summed E-state index contributed by atoms with van der Waals surface area (Å²) < 4.78 is 0. The van der Waals surface area contributed by atoms with Crippen LogP contribution < -0.4 is 5.32 Å². The van der Waals surface area contributed by atoms with Gasteiger partial charge in [-0.25, -0.2) is 0 Å². The third-order valence-corrected chi connectivity index (χ3v) is 6.80. The van der Waals surface area contributed by atoms with E-state index in [9.17, 15) is 0 Å². The van der Waals surface area contributed by atoms with Gasteiger partial charge in [-0.2, -0.15) is 0 Å². The van der Waals surface area contributed by atoms with E-state index in [1.165, 1.54) is 79.6 Å². The van der Waals surface area contributed by atoms with Crippen molar-refractivity contribution in [3.05, 3.63) is 53.6 Å². The molecule has 0 saturated carbocycles. The molecule has 1 atom stereocenters. The van der Waals surface area contributed by atoms with Gasteiger partial charge in [0.2, 0.25) is 0 Å². The Bertz CT molecular complexity index is 653. The zero-order chi connectivity index (χ0) is 21.2. The molecular formula is C27H44N2. The highest BCUT2D eigenvalue weighted by molar-refractivity contribution is 5.55. The molecule has 1 N–H and O–H groups in total. The minimum absolute atomic E-state index is 0.316. The molecule has 1 aromatic carbocycles.